The van der Waals surface area contributed by atoms with Crippen LogP contribution in [0.15, 0.2) is 364 Å². The number of benzene rings is 15. The molecule has 0 bridgehead atoms. The van der Waals surface area contributed by atoms with E-state index >= 15 is 17.6 Å². The van der Waals surface area contributed by atoms with Crippen LogP contribution in [-0.4, -0.2) is 0 Å². The first-order chi connectivity index (χ1) is 55.3. The molecule has 3 unspecified atom stereocenters. The second-order valence-electron chi connectivity index (χ2n) is 30.0. The molecular formula is C105H72F4N2O2. The molecule has 15 aromatic carbocycles. The first kappa shape index (κ1) is 68.5. The fourth-order valence-electron chi connectivity index (χ4n) is 19.0. The van der Waals surface area contributed by atoms with Gasteiger partial charge in [0.25, 0.3) is 0 Å². The van der Waals surface area contributed by atoms with Crippen molar-refractivity contribution < 1.29 is 27.0 Å². The van der Waals surface area contributed by atoms with E-state index in [9.17, 15) is 0 Å². The highest BCUT2D eigenvalue weighted by atomic mass is 19.1. The molecule has 0 heterocycles. The van der Waals surface area contributed by atoms with E-state index in [4.69, 9.17) is 9.47 Å². The van der Waals surface area contributed by atoms with Crippen LogP contribution < -0.4 is 19.3 Å². The standard InChI is InChI=1S/C105H72F4N2O2/c1-5-67-25-47-81(48-26-67)112-83-51-33-71(34-52-83)103(69-29-37-73(106)38-30-69)93-19-11-7-15-85(93)89-55-43-75(59-97(89)103)110(79-41-23-65(3)101(108)63-79)77-45-57-91-87-17-9-13-21-95(87)105(99(91)61-77)96-22-14-10-18-88(96)92-58-46-78(62-100(92)105)111(80-42-24-66(4)102(109)64-80)76-44-56-90-86-16-8-12-20-94(86)104(98(90)60-76,70-31-39-74(107)40-32-70)72-35-53-84(54-36-72)113-82-49-27-68(6-2)28-50-82/h5-43,45-55,57-64H,1-2,44,56H2,3-4H3. The van der Waals surface area contributed by atoms with Gasteiger partial charge in [0.1, 0.15) is 46.3 Å². The summed E-state index contributed by atoms with van der Waals surface area (Å²) in [6.07, 6.45) is 7.19. The van der Waals surface area contributed by atoms with Gasteiger partial charge in [-0.1, -0.05) is 226 Å². The van der Waals surface area contributed by atoms with Gasteiger partial charge in [-0.25, -0.2) is 17.6 Å². The third-order valence-electron chi connectivity index (χ3n) is 24.1. The molecule has 113 heavy (non-hydrogen) atoms. The molecular weight excluding hydrogens is 1400 g/mol. The predicted molar refractivity (Wildman–Crippen MR) is 449 cm³/mol. The van der Waals surface area contributed by atoms with Crippen LogP contribution in [0.3, 0.4) is 0 Å². The summed E-state index contributed by atoms with van der Waals surface area (Å²) in [5.41, 5.74) is 25.6. The van der Waals surface area contributed by atoms with Crippen molar-refractivity contribution in [1.29, 1.82) is 0 Å². The summed E-state index contributed by atoms with van der Waals surface area (Å²) in [6.45, 7) is 11.4. The first-order valence-electron chi connectivity index (χ1n) is 38.3. The Bertz CT molecular complexity index is 6470. The smallest absolute Gasteiger partial charge is 0.128 e. The highest BCUT2D eigenvalue weighted by molar-refractivity contribution is 5.99. The quantitative estimate of drug-likeness (QED) is 0.0900. The normalized spacial score (nSPS) is 16.9. The van der Waals surface area contributed by atoms with Gasteiger partial charge in [0.2, 0.25) is 0 Å². The summed E-state index contributed by atoms with van der Waals surface area (Å²) in [5.74, 6) is 1.34. The Kier molecular flexibility index (Phi) is 16.2. The summed E-state index contributed by atoms with van der Waals surface area (Å²) < 4.78 is 77.6. The number of anilines is 5. The van der Waals surface area contributed by atoms with Gasteiger partial charge in [0.15, 0.2) is 0 Å². The van der Waals surface area contributed by atoms with Crippen molar-refractivity contribution in [3.05, 3.63) is 476 Å². The van der Waals surface area contributed by atoms with E-state index in [1.54, 1.807) is 50.3 Å². The lowest BCUT2D eigenvalue weighted by atomic mass is 9.66. The number of allylic oxidation sites excluding steroid dienone is 4. The SMILES string of the molecule is C=Cc1ccc(Oc2ccc(C3(c4ccc(F)cc4)C4=C(CCC(N(c5ccc(C)c(F)c5)c5ccc6c(c5)C5(c7ccccc7-6)c6ccccc6-c6ccc(N(c7ccc(C)c(F)c7)c7ccc8c(c7)C(c7ccc(F)cc7)(c7ccc(Oc9ccc(C=C)cc9)cc7)c7ccccc7-8)cc65)=C4)c4ccccc43)cc2)cc1. The minimum absolute atomic E-state index is 0.327. The van der Waals surface area contributed by atoms with Crippen molar-refractivity contribution in [2.75, 3.05) is 9.80 Å². The largest absolute Gasteiger partial charge is 0.457 e. The average molecular weight is 1470 g/mol. The van der Waals surface area contributed by atoms with E-state index in [2.05, 4.69) is 205 Å². The van der Waals surface area contributed by atoms with Gasteiger partial charge in [0, 0.05) is 34.1 Å². The fraction of sp³-hybridized carbons (Fsp3) is 0.0667. The highest BCUT2D eigenvalue weighted by Crippen LogP contribution is 2.66. The fourth-order valence-corrected chi connectivity index (χ4v) is 19.0. The van der Waals surface area contributed by atoms with Crippen LogP contribution in [0.2, 0.25) is 0 Å². The average Bonchev–Trinajstić information content (AvgIpc) is 1.51. The lowest BCUT2D eigenvalue weighted by Crippen LogP contribution is -2.31. The van der Waals surface area contributed by atoms with Crippen molar-refractivity contribution >= 4 is 46.2 Å². The zero-order chi connectivity index (χ0) is 76.4. The number of fused-ring (bicyclic) bond motifs is 15. The maximum Gasteiger partial charge on any atom is 0.128 e. The molecule has 8 heteroatoms. The van der Waals surface area contributed by atoms with Crippen LogP contribution in [-0.2, 0) is 16.2 Å². The maximum atomic E-state index is 16.9. The van der Waals surface area contributed by atoms with Crippen molar-refractivity contribution in [2.45, 2.75) is 42.9 Å². The maximum absolute atomic E-state index is 16.9. The number of aryl methyl sites for hydroxylation is 2. The lowest BCUT2D eigenvalue weighted by molar-refractivity contribution is 0.482. The first-order valence-corrected chi connectivity index (χ1v) is 38.3. The molecule has 0 radical (unpaired) electrons. The van der Waals surface area contributed by atoms with Crippen LogP contribution in [0, 0.1) is 37.1 Å². The molecule has 0 aliphatic heterocycles. The van der Waals surface area contributed by atoms with Gasteiger partial charge >= 0.3 is 0 Å². The van der Waals surface area contributed by atoms with Crippen LogP contribution >= 0.6 is 0 Å². The number of rotatable bonds is 16. The van der Waals surface area contributed by atoms with Crippen LogP contribution in [0.1, 0.15) is 102 Å². The third kappa shape index (κ3) is 10.6. The Hall–Kier alpha value is -13.8. The summed E-state index contributed by atoms with van der Waals surface area (Å²) in [6, 6.07) is 112. The third-order valence-corrected chi connectivity index (χ3v) is 24.1. The van der Waals surface area contributed by atoms with E-state index in [1.807, 2.05) is 121 Å². The Morgan fingerprint density at radius 3 is 1.04 bits per heavy atom. The van der Waals surface area contributed by atoms with E-state index < -0.39 is 16.2 Å². The lowest BCUT2D eigenvalue weighted by Gasteiger charge is -2.38. The topological polar surface area (TPSA) is 24.9 Å². The molecule has 15 aromatic rings. The molecule has 0 amide bonds. The van der Waals surface area contributed by atoms with E-state index in [0.29, 0.717) is 58.3 Å². The minimum atomic E-state index is -0.982. The van der Waals surface area contributed by atoms with Crippen molar-refractivity contribution in [3.8, 4) is 56.4 Å². The number of hydrogen-bond acceptors (Lipinski definition) is 4. The molecule has 0 aromatic heterocycles. The molecule has 0 fully saturated rings. The summed E-state index contributed by atoms with van der Waals surface area (Å²) in [7, 11) is 0. The second-order valence-corrected chi connectivity index (χ2v) is 30.0. The second kappa shape index (κ2) is 26.7. The molecule has 4 nitrogen and oxygen atoms in total. The Balaban J connectivity index is 0.766. The summed E-state index contributed by atoms with van der Waals surface area (Å²) in [5, 5.41) is 0. The zero-order valence-corrected chi connectivity index (χ0v) is 62.0. The predicted octanol–water partition coefficient (Wildman–Crippen LogP) is 27.5. The van der Waals surface area contributed by atoms with E-state index in [1.165, 1.54) is 17.7 Å². The van der Waals surface area contributed by atoms with E-state index in [-0.39, 0.29) is 23.3 Å². The zero-order valence-electron chi connectivity index (χ0n) is 62.0. The van der Waals surface area contributed by atoms with Gasteiger partial charge in [-0.05, 0) is 300 Å². The molecule has 0 saturated carbocycles. The molecule has 0 N–H and O–H groups in total. The Morgan fingerprint density at radius 1 is 0.301 bits per heavy atom. The monoisotopic (exact) mass is 1470 g/mol. The van der Waals surface area contributed by atoms with Gasteiger partial charge in [0.05, 0.1) is 16.2 Å². The van der Waals surface area contributed by atoms with Gasteiger partial charge in [-0.2, -0.15) is 0 Å². The van der Waals surface area contributed by atoms with Gasteiger partial charge in [-0.15, -0.1) is 0 Å². The molecule has 5 aliphatic carbocycles. The number of halogens is 4. The van der Waals surface area contributed by atoms with Crippen LogP contribution in [0.25, 0.3) is 51.1 Å². The number of hydrogen-bond donors (Lipinski definition) is 0. The summed E-state index contributed by atoms with van der Waals surface area (Å²) in [4.78, 5) is 4.43. The molecule has 1 spiro atoms. The van der Waals surface area contributed by atoms with E-state index in [0.717, 1.165) is 140 Å². The highest BCUT2D eigenvalue weighted by Gasteiger charge is 2.54. The molecule has 5 aliphatic rings. The summed E-state index contributed by atoms with van der Waals surface area (Å²) >= 11 is 0. The van der Waals surface area contributed by atoms with Crippen molar-refractivity contribution in [3.63, 3.8) is 0 Å². The van der Waals surface area contributed by atoms with Crippen LogP contribution in [0.4, 0.5) is 46.0 Å². The van der Waals surface area contributed by atoms with Crippen molar-refractivity contribution in [2.24, 2.45) is 0 Å². The number of ether oxygens (including phenoxy) is 2. The Morgan fingerprint density at radius 2 is 0.619 bits per heavy atom. The Labute approximate surface area is 654 Å². The molecule has 20 rings (SSSR count). The number of nitrogens with zero attached hydrogens (tertiary/aromatic N) is 2. The van der Waals surface area contributed by atoms with Crippen molar-refractivity contribution in [1.82, 2.24) is 0 Å². The molecule has 3 atom stereocenters. The molecule has 0 saturated heterocycles. The van der Waals surface area contributed by atoms with Crippen LogP contribution in [0.5, 0.6) is 23.0 Å². The minimum Gasteiger partial charge on any atom is -0.457 e. The molecule has 542 valence electrons. The van der Waals surface area contributed by atoms with Gasteiger partial charge < -0.3 is 19.3 Å². The van der Waals surface area contributed by atoms with Gasteiger partial charge in [-0.3, -0.25) is 0 Å².